The first-order valence-electron chi connectivity index (χ1n) is 12.1. The molecule has 3 aromatic carbocycles. The molecular weight excluding hydrogens is 556 g/mol. The highest BCUT2D eigenvalue weighted by atomic mass is 79.9. The second-order valence-corrected chi connectivity index (χ2v) is 11.0. The molecule has 0 unspecified atom stereocenters. The van der Waals surface area contributed by atoms with E-state index in [2.05, 4.69) is 28.2 Å². The van der Waals surface area contributed by atoms with Crippen LogP contribution in [-0.4, -0.2) is 35.1 Å². The third-order valence-electron chi connectivity index (χ3n) is 5.77. The van der Waals surface area contributed by atoms with E-state index < -0.39 is 6.04 Å². The number of hydrogen-bond acceptors (Lipinski definition) is 3. The predicted octanol–water partition coefficient (Wildman–Crippen LogP) is 6.89. The van der Waals surface area contributed by atoms with E-state index in [4.69, 9.17) is 11.6 Å². The second-order valence-electron chi connectivity index (χ2n) is 8.62. The van der Waals surface area contributed by atoms with Crippen LogP contribution in [-0.2, 0) is 28.3 Å². The van der Waals surface area contributed by atoms with E-state index in [9.17, 15) is 9.59 Å². The Morgan fingerprint density at radius 2 is 1.61 bits per heavy atom. The molecule has 3 rings (SSSR count). The van der Waals surface area contributed by atoms with Crippen molar-refractivity contribution in [3.05, 3.63) is 105 Å². The standard InChI is InChI=1S/C29H32BrClN2O2S/c1-2-3-17-32-29(35)27(18-22-7-5-4-6-8-22)33(19-23-11-15-26(31)16-12-23)28(34)21-36-20-24-9-13-25(30)14-10-24/h4-16,27H,2-3,17-21H2,1H3,(H,32,35)/t27-/m1/s1. The fourth-order valence-electron chi connectivity index (χ4n) is 3.77. The fraction of sp³-hybridized carbons (Fsp3) is 0.310. The third kappa shape index (κ3) is 9.30. The molecular formula is C29H32BrClN2O2S. The molecule has 0 spiro atoms. The van der Waals surface area contributed by atoms with Crippen LogP contribution < -0.4 is 5.32 Å². The van der Waals surface area contributed by atoms with E-state index in [0.717, 1.165) is 39.8 Å². The van der Waals surface area contributed by atoms with Crippen LogP contribution in [0.1, 0.15) is 36.5 Å². The Bertz CT molecular complexity index is 1090. The zero-order chi connectivity index (χ0) is 25.8. The highest BCUT2D eigenvalue weighted by Gasteiger charge is 2.30. The largest absolute Gasteiger partial charge is 0.354 e. The average Bonchev–Trinajstić information content (AvgIpc) is 2.89. The van der Waals surface area contributed by atoms with Gasteiger partial charge in [-0.15, -0.1) is 11.8 Å². The van der Waals surface area contributed by atoms with Crippen molar-refractivity contribution in [1.29, 1.82) is 0 Å². The molecule has 0 heterocycles. The summed E-state index contributed by atoms with van der Waals surface area (Å²) in [6, 6.07) is 24.8. The van der Waals surface area contributed by atoms with E-state index >= 15 is 0 Å². The summed E-state index contributed by atoms with van der Waals surface area (Å²) in [6.07, 6.45) is 2.34. The summed E-state index contributed by atoms with van der Waals surface area (Å²) in [7, 11) is 0. The number of carbonyl (C=O) groups is 2. The van der Waals surface area contributed by atoms with Crippen molar-refractivity contribution in [2.24, 2.45) is 0 Å². The van der Waals surface area contributed by atoms with Gasteiger partial charge in [-0.2, -0.15) is 0 Å². The second kappa shape index (κ2) is 15.1. The summed E-state index contributed by atoms with van der Waals surface area (Å²) < 4.78 is 1.03. The van der Waals surface area contributed by atoms with E-state index in [1.54, 1.807) is 16.7 Å². The van der Waals surface area contributed by atoms with Crippen LogP contribution in [0.15, 0.2) is 83.3 Å². The number of nitrogens with one attached hydrogen (secondary N) is 1. The Hall–Kier alpha value is -2.28. The van der Waals surface area contributed by atoms with Crippen molar-refractivity contribution in [2.75, 3.05) is 12.3 Å². The van der Waals surface area contributed by atoms with Gasteiger partial charge in [0.1, 0.15) is 6.04 Å². The van der Waals surface area contributed by atoms with Gasteiger partial charge in [0.15, 0.2) is 0 Å². The van der Waals surface area contributed by atoms with Crippen molar-refractivity contribution < 1.29 is 9.59 Å². The third-order valence-corrected chi connectivity index (χ3v) is 7.54. The normalized spacial score (nSPS) is 11.6. The minimum absolute atomic E-state index is 0.0568. The predicted molar refractivity (Wildman–Crippen MR) is 154 cm³/mol. The molecule has 1 atom stereocenters. The van der Waals surface area contributed by atoms with Crippen LogP contribution >= 0.6 is 39.3 Å². The maximum atomic E-state index is 13.6. The van der Waals surface area contributed by atoms with E-state index in [1.165, 1.54) is 0 Å². The maximum Gasteiger partial charge on any atom is 0.243 e. The molecule has 3 aromatic rings. The van der Waals surface area contributed by atoms with Crippen molar-refractivity contribution in [3.8, 4) is 0 Å². The molecule has 0 aromatic heterocycles. The van der Waals surface area contributed by atoms with Crippen molar-refractivity contribution in [1.82, 2.24) is 10.2 Å². The van der Waals surface area contributed by atoms with Gasteiger partial charge in [-0.1, -0.05) is 95.5 Å². The Kier molecular flexibility index (Phi) is 11.9. The Balaban J connectivity index is 1.81. The summed E-state index contributed by atoms with van der Waals surface area (Å²) in [4.78, 5) is 28.7. The molecule has 190 valence electrons. The molecule has 0 radical (unpaired) electrons. The fourth-order valence-corrected chi connectivity index (χ4v) is 5.03. The van der Waals surface area contributed by atoms with Gasteiger partial charge in [0.05, 0.1) is 5.75 Å². The van der Waals surface area contributed by atoms with Crippen LogP contribution in [0.25, 0.3) is 0 Å². The van der Waals surface area contributed by atoms with Gasteiger partial charge in [-0.3, -0.25) is 9.59 Å². The number of rotatable bonds is 13. The van der Waals surface area contributed by atoms with Crippen LogP contribution in [0.3, 0.4) is 0 Å². The first-order valence-corrected chi connectivity index (χ1v) is 14.5. The zero-order valence-electron chi connectivity index (χ0n) is 20.5. The number of benzene rings is 3. The van der Waals surface area contributed by atoms with Gasteiger partial charge < -0.3 is 10.2 Å². The number of thioether (sulfide) groups is 1. The molecule has 2 amide bonds. The number of amides is 2. The summed E-state index contributed by atoms with van der Waals surface area (Å²) in [5.41, 5.74) is 3.10. The van der Waals surface area contributed by atoms with Gasteiger partial charge >= 0.3 is 0 Å². The van der Waals surface area contributed by atoms with Gasteiger partial charge in [0, 0.05) is 34.8 Å². The van der Waals surface area contributed by atoms with Gasteiger partial charge in [-0.05, 0) is 47.4 Å². The topological polar surface area (TPSA) is 49.4 Å². The smallest absolute Gasteiger partial charge is 0.243 e. The summed E-state index contributed by atoms with van der Waals surface area (Å²) >= 11 is 11.1. The molecule has 0 fully saturated rings. The van der Waals surface area contributed by atoms with Crippen molar-refractivity contribution in [3.63, 3.8) is 0 Å². The number of unbranched alkanes of at least 4 members (excludes halogenated alkanes) is 1. The first kappa shape index (κ1) is 28.3. The van der Waals surface area contributed by atoms with E-state index in [-0.39, 0.29) is 17.6 Å². The Morgan fingerprint density at radius 1 is 0.944 bits per heavy atom. The molecule has 7 heteroatoms. The molecule has 0 saturated carbocycles. The first-order chi connectivity index (χ1) is 17.5. The van der Waals surface area contributed by atoms with E-state index in [1.807, 2.05) is 78.9 Å². The van der Waals surface area contributed by atoms with Crippen LogP contribution in [0, 0.1) is 0 Å². The zero-order valence-corrected chi connectivity index (χ0v) is 23.6. The Labute approximate surface area is 231 Å². The highest BCUT2D eigenvalue weighted by molar-refractivity contribution is 9.10. The van der Waals surface area contributed by atoms with Gasteiger partial charge in [0.2, 0.25) is 11.8 Å². The summed E-state index contributed by atoms with van der Waals surface area (Å²) in [6.45, 7) is 3.03. The molecule has 0 bridgehead atoms. The van der Waals surface area contributed by atoms with Crippen LogP contribution in [0.5, 0.6) is 0 Å². The number of hydrogen-bond donors (Lipinski definition) is 1. The molecule has 4 nitrogen and oxygen atoms in total. The minimum atomic E-state index is -0.610. The average molecular weight is 588 g/mol. The molecule has 0 saturated heterocycles. The molecule has 0 aliphatic rings. The van der Waals surface area contributed by atoms with Crippen LogP contribution in [0.2, 0.25) is 5.02 Å². The van der Waals surface area contributed by atoms with Gasteiger partial charge in [0.25, 0.3) is 0 Å². The lowest BCUT2D eigenvalue weighted by Crippen LogP contribution is -2.51. The van der Waals surface area contributed by atoms with Crippen molar-refractivity contribution in [2.45, 2.75) is 44.5 Å². The number of nitrogens with zero attached hydrogens (tertiary/aromatic N) is 1. The highest BCUT2D eigenvalue weighted by Crippen LogP contribution is 2.20. The van der Waals surface area contributed by atoms with Gasteiger partial charge in [-0.25, -0.2) is 0 Å². The van der Waals surface area contributed by atoms with Crippen LogP contribution in [0.4, 0.5) is 0 Å². The molecule has 36 heavy (non-hydrogen) atoms. The quantitative estimate of drug-likeness (QED) is 0.222. The Morgan fingerprint density at radius 3 is 2.28 bits per heavy atom. The lowest BCUT2D eigenvalue weighted by molar-refractivity contribution is -0.139. The monoisotopic (exact) mass is 586 g/mol. The maximum absolute atomic E-state index is 13.6. The lowest BCUT2D eigenvalue weighted by Gasteiger charge is -2.31. The number of halogens is 2. The van der Waals surface area contributed by atoms with Crippen molar-refractivity contribution >= 4 is 51.1 Å². The number of carbonyl (C=O) groups excluding carboxylic acids is 2. The SMILES string of the molecule is CCCCNC(=O)[C@@H](Cc1ccccc1)N(Cc1ccc(Cl)cc1)C(=O)CSCc1ccc(Br)cc1. The molecule has 0 aliphatic carbocycles. The summed E-state index contributed by atoms with van der Waals surface area (Å²) in [5.74, 6) is 0.836. The minimum Gasteiger partial charge on any atom is -0.354 e. The lowest BCUT2D eigenvalue weighted by atomic mass is 10.0. The molecule has 0 aliphatic heterocycles. The molecule has 1 N–H and O–H groups in total. The summed E-state index contributed by atoms with van der Waals surface area (Å²) in [5, 5.41) is 3.69. The van der Waals surface area contributed by atoms with E-state index in [0.29, 0.717) is 24.5 Å².